The molecule has 3 N–H and O–H groups in total. The van der Waals surface area contributed by atoms with Crippen molar-refractivity contribution in [2.24, 2.45) is 0 Å². The molecule has 1 aliphatic heterocycles. The Bertz CT molecular complexity index is 902. The van der Waals surface area contributed by atoms with Crippen LogP contribution >= 0.6 is 0 Å². The van der Waals surface area contributed by atoms with Crippen molar-refractivity contribution in [3.05, 3.63) is 41.6 Å². The Morgan fingerprint density at radius 1 is 1.28 bits per heavy atom. The minimum Gasteiger partial charge on any atom is -0.423 e. The molecule has 0 radical (unpaired) electrons. The summed E-state index contributed by atoms with van der Waals surface area (Å²) in [5.41, 5.74) is 3.08. The Morgan fingerprint density at radius 2 is 2.04 bits per heavy atom. The van der Waals surface area contributed by atoms with Crippen LogP contribution in [-0.2, 0) is 21.3 Å². The van der Waals surface area contributed by atoms with Crippen LogP contribution in [-0.4, -0.2) is 31.6 Å². The molecule has 0 spiro atoms. The first-order valence-electron chi connectivity index (χ1n) is 7.95. The number of rotatable bonds is 5. The highest BCUT2D eigenvalue weighted by Crippen LogP contribution is 2.21. The summed E-state index contributed by atoms with van der Waals surface area (Å²) in [6, 6.07) is 6.93. The molecular formula is C16H20BN3O4S. The summed E-state index contributed by atoms with van der Waals surface area (Å²) < 4.78 is 32.9. The maximum absolute atomic E-state index is 12.6. The molecule has 0 bridgehead atoms. The van der Waals surface area contributed by atoms with Gasteiger partial charge in [-0.1, -0.05) is 6.07 Å². The van der Waals surface area contributed by atoms with E-state index in [9.17, 15) is 13.4 Å². The average Bonchev–Trinajstić information content (AvgIpc) is 2.87. The second-order valence-electron chi connectivity index (χ2n) is 6.33. The zero-order chi connectivity index (χ0) is 18.2. The molecular weight excluding hydrogens is 341 g/mol. The summed E-state index contributed by atoms with van der Waals surface area (Å²) in [4.78, 5) is 4.10. The monoisotopic (exact) mass is 361 g/mol. The van der Waals surface area contributed by atoms with E-state index in [2.05, 4.69) is 15.0 Å². The topological polar surface area (TPSA) is 101 Å². The Labute approximate surface area is 147 Å². The Hall–Kier alpha value is -2.10. The van der Waals surface area contributed by atoms with Gasteiger partial charge in [0.1, 0.15) is 0 Å². The fraction of sp³-hybridized carbons (Fsp3) is 0.312. The standard InChI is InChI=1S/C16H20BN3O4S/c1-10(2)19-14-6-11(3)16(18-8-14)25(22,23)20-13-5-4-12-9-24-17(21)15(12)7-13/h4-8,10,19-21H,9H2,1-3H3. The lowest BCUT2D eigenvalue weighted by Crippen LogP contribution is -2.28. The minimum absolute atomic E-state index is 0.0286. The molecule has 1 aromatic carbocycles. The summed E-state index contributed by atoms with van der Waals surface area (Å²) in [6.45, 7) is 6.00. The molecule has 9 heteroatoms. The van der Waals surface area contributed by atoms with Crippen LogP contribution in [0.3, 0.4) is 0 Å². The van der Waals surface area contributed by atoms with Gasteiger partial charge >= 0.3 is 7.12 Å². The van der Waals surface area contributed by atoms with E-state index in [0.29, 0.717) is 23.3 Å². The number of hydrogen-bond acceptors (Lipinski definition) is 6. The smallest absolute Gasteiger partial charge is 0.423 e. The van der Waals surface area contributed by atoms with E-state index in [-0.39, 0.29) is 11.1 Å². The van der Waals surface area contributed by atoms with E-state index in [1.807, 2.05) is 13.8 Å². The van der Waals surface area contributed by atoms with Crippen molar-refractivity contribution in [3.8, 4) is 0 Å². The first kappa shape index (κ1) is 17.7. The average molecular weight is 361 g/mol. The molecule has 0 amide bonds. The maximum Gasteiger partial charge on any atom is 0.491 e. The van der Waals surface area contributed by atoms with Gasteiger partial charge in [-0.2, -0.15) is 8.42 Å². The lowest BCUT2D eigenvalue weighted by Gasteiger charge is -2.13. The van der Waals surface area contributed by atoms with Gasteiger partial charge < -0.3 is 15.0 Å². The van der Waals surface area contributed by atoms with Crippen LogP contribution < -0.4 is 15.5 Å². The van der Waals surface area contributed by atoms with E-state index in [1.54, 1.807) is 31.2 Å². The number of nitrogens with zero attached hydrogens (tertiary/aromatic N) is 1. The molecule has 132 valence electrons. The Morgan fingerprint density at radius 3 is 2.72 bits per heavy atom. The van der Waals surface area contributed by atoms with E-state index in [0.717, 1.165) is 11.3 Å². The third-order valence-corrected chi connectivity index (χ3v) is 5.24. The lowest BCUT2D eigenvalue weighted by atomic mass is 9.79. The summed E-state index contributed by atoms with van der Waals surface area (Å²) in [5, 5.41) is 12.9. The molecule has 2 aromatic rings. The van der Waals surface area contributed by atoms with Crippen LogP contribution in [0.1, 0.15) is 25.0 Å². The van der Waals surface area contributed by atoms with E-state index >= 15 is 0 Å². The molecule has 0 aliphatic carbocycles. The van der Waals surface area contributed by atoms with Gasteiger partial charge in [0.25, 0.3) is 10.0 Å². The quantitative estimate of drug-likeness (QED) is 0.693. The van der Waals surface area contributed by atoms with Gasteiger partial charge in [-0.15, -0.1) is 0 Å². The SMILES string of the molecule is Cc1cc(NC(C)C)cnc1S(=O)(=O)Nc1ccc2c(c1)B(O)OC2. The molecule has 0 saturated heterocycles. The highest BCUT2D eigenvalue weighted by molar-refractivity contribution is 7.92. The van der Waals surface area contributed by atoms with Crippen molar-refractivity contribution in [2.75, 3.05) is 10.0 Å². The van der Waals surface area contributed by atoms with E-state index < -0.39 is 17.1 Å². The fourth-order valence-corrected chi connectivity index (χ4v) is 3.95. The van der Waals surface area contributed by atoms with Crippen LogP contribution in [0.15, 0.2) is 35.5 Å². The predicted octanol–water partition coefficient (Wildman–Crippen LogP) is 1.23. The van der Waals surface area contributed by atoms with Crippen molar-refractivity contribution in [2.45, 2.75) is 38.4 Å². The van der Waals surface area contributed by atoms with Gasteiger partial charge in [0.15, 0.2) is 5.03 Å². The second-order valence-corrected chi connectivity index (χ2v) is 7.93. The molecule has 0 saturated carbocycles. The van der Waals surface area contributed by atoms with Crippen LogP contribution in [0, 0.1) is 6.92 Å². The van der Waals surface area contributed by atoms with Crippen molar-refractivity contribution in [1.82, 2.24) is 4.98 Å². The number of benzene rings is 1. The normalized spacial score (nSPS) is 13.9. The van der Waals surface area contributed by atoms with E-state index in [4.69, 9.17) is 4.65 Å². The summed E-state index contributed by atoms with van der Waals surface area (Å²) >= 11 is 0. The number of fused-ring (bicyclic) bond motifs is 1. The van der Waals surface area contributed by atoms with Crippen LogP contribution in [0.25, 0.3) is 0 Å². The number of hydrogen-bond donors (Lipinski definition) is 3. The van der Waals surface area contributed by atoms with Gasteiger partial charge in [-0.3, -0.25) is 4.72 Å². The van der Waals surface area contributed by atoms with E-state index in [1.165, 1.54) is 6.20 Å². The Kier molecular flexibility index (Phi) is 4.72. The van der Waals surface area contributed by atoms with Gasteiger partial charge in [0, 0.05) is 11.7 Å². The van der Waals surface area contributed by atoms with Crippen molar-refractivity contribution in [1.29, 1.82) is 0 Å². The van der Waals surface area contributed by atoms with Crippen molar-refractivity contribution in [3.63, 3.8) is 0 Å². The molecule has 2 heterocycles. The highest BCUT2D eigenvalue weighted by Gasteiger charge is 2.28. The second kappa shape index (κ2) is 6.66. The van der Waals surface area contributed by atoms with Gasteiger partial charge in [0.05, 0.1) is 18.5 Å². The number of pyridine rings is 1. The van der Waals surface area contributed by atoms with Crippen molar-refractivity contribution < 1.29 is 18.1 Å². The summed E-state index contributed by atoms with van der Waals surface area (Å²) in [5.74, 6) is 0. The zero-order valence-corrected chi connectivity index (χ0v) is 15.1. The molecule has 3 rings (SSSR count). The first-order chi connectivity index (χ1) is 11.8. The number of aryl methyl sites for hydroxylation is 1. The van der Waals surface area contributed by atoms with Gasteiger partial charge in [0.2, 0.25) is 0 Å². The molecule has 0 fully saturated rings. The first-order valence-corrected chi connectivity index (χ1v) is 9.43. The molecule has 1 aromatic heterocycles. The van der Waals surface area contributed by atoms with Gasteiger partial charge in [-0.05, 0) is 55.6 Å². The third-order valence-electron chi connectivity index (χ3n) is 3.80. The van der Waals surface area contributed by atoms with Gasteiger partial charge in [-0.25, -0.2) is 4.98 Å². The third kappa shape index (κ3) is 3.78. The largest absolute Gasteiger partial charge is 0.491 e. The van der Waals surface area contributed by atoms with Crippen LogP contribution in [0.2, 0.25) is 0 Å². The predicted molar refractivity (Wildman–Crippen MR) is 97.4 cm³/mol. The highest BCUT2D eigenvalue weighted by atomic mass is 32.2. The molecule has 1 aliphatic rings. The summed E-state index contributed by atoms with van der Waals surface area (Å²) in [6.07, 6.45) is 1.50. The lowest BCUT2D eigenvalue weighted by molar-refractivity contribution is 0.275. The van der Waals surface area contributed by atoms with Crippen LogP contribution in [0.5, 0.6) is 0 Å². The molecule has 0 atom stereocenters. The molecule has 25 heavy (non-hydrogen) atoms. The van der Waals surface area contributed by atoms with Crippen LogP contribution in [0.4, 0.5) is 11.4 Å². The molecule has 0 unspecified atom stereocenters. The minimum atomic E-state index is -3.84. The summed E-state index contributed by atoms with van der Waals surface area (Å²) in [7, 11) is -4.86. The zero-order valence-electron chi connectivity index (χ0n) is 14.3. The number of anilines is 2. The number of nitrogens with one attached hydrogen (secondary N) is 2. The fourth-order valence-electron chi connectivity index (χ4n) is 2.74. The number of aromatic nitrogens is 1. The van der Waals surface area contributed by atoms with Crippen molar-refractivity contribution >= 4 is 34.0 Å². The molecule has 7 nitrogen and oxygen atoms in total. The number of sulfonamides is 1. The Balaban J connectivity index is 1.86. The maximum atomic E-state index is 12.6.